The minimum Gasteiger partial charge on any atom is -0.376 e. The molecule has 164 valence electrons. The van der Waals surface area contributed by atoms with Gasteiger partial charge in [0.1, 0.15) is 0 Å². The minimum atomic E-state index is -0.0457. The van der Waals surface area contributed by atoms with E-state index in [1.54, 1.807) is 6.20 Å². The number of nitrogens with zero attached hydrogens (tertiary/aromatic N) is 1. The molecule has 0 aliphatic carbocycles. The molecule has 3 N–H and O–H groups in total. The number of allylic oxidation sites excluding steroid dienone is 2. The van der Waals surface area contributed by atoms with E-state index in [-0.39, 0.29) is 12.5 Å². The highest BCUT2D eigenvalue weighted by Gasteiger charge is 2.06. The van der Waals surface area contributed by atoms with Gasteiger partial charge in [-0.2, -0.15) is 0 Å². The summed E-state index contributed by atoms with van der Waals surface area (Å²) in [5, 5.41) is 13.8. The summed E-state index contributed by atoms with van der Waals surface area (Å²) in [4.78, 5) is 16.7. The molecular formula is C27H30N4O. The molecule has 32 heavy (non-hydrogen) atoms. The van der Waals surface area contributed by atoms with Gasteiger partial charge in [-0.1, -0.05) is 49.4 Å². The fraction of sp³-hybridized carbons (Fsp3) is 0.222. The Bertz CT molecular complexity index is 1120. The normalized spacial score (nSPS) is 11.2. The lowest BCUT2D eigenvalue weighted by atomic mass is 10.0. The fourth-order valence-electron chi connectivity index (χ4n) is 3.41. The topological polar surface area (TPSA) is 77.9 Å². The number of nitrogens with one attached hydrogen (secondary N) is 3. The lowest BCUT2D eigenvalue weighted by molar-refractivity contribution is -0.119. The van der Waals surface area contributed by atoms with Crippen molar-refractivity contribution in [2.45, 2.75) is 33.7 Å². The first-order valence-corrected chi connectivity index (χ1v) is 10.8. The third-order valence-electron chi connectivity index (χ3n) is 5.24. The van der Waals surface area contributed by atoms with Crippen LogP contribution in [0.2, 0.25) is 0 Å². The lowest BCUT2D eigenvalue weighted by Gasteiger charge is -2.11. The molecule has 3 aromatic rings. The van der Waals surface area contributed by atoms with Gasteiger partial charge in [-0.3, -0.25) is 9.78 Å². The van der Waals surface area contributed by atoms with Gasteiger partial charge in [-0.25, -0.2) is 0 Å². The van der Waals surface area contributed by atoms with Crippen LogP contribution in [0.15, 0.2) is 66.9 Å². The van der Waals surface area contributed by atoms with E-state index in [0.29, 0.717) is 6.54 Å². The molecule has 0 unspecified atom stereocenters. The van der Waals surface area contributed by atoms with Crippen molar-refractivity contribution in [3.05, 3.63) is 89.3 Å². The summed E-state index contributed by atoms with van der Waals surface area (Å²) in [6.07, 6.45) is 5.97. The first-order chi connectivity index (χ1) is 15.5. The van der Waals surface area contributed by atoms with E-state index in [2.05, 4.69) is 33.8 Å². The van der Waals surface area contributed by atoms with Gasteiger partial charge in [0.05, 0.1) is 12.2 Å². The molecule has 0 fully saturated rings. The summed E-state index contributed by atoms with van der Waals surface area (Å²) >= 11 is 0. The summed E-state index contributed by atoms with van der Waals surface area (Å²) in [7, 11) is 0. The van der Waals surface area contributed by atoms with Gasteiger partial charge in [0.15, 0.2) is 0 Å². The molecule has 0 saturated heterocycles. The maximum absolute atomic E-state index is 12.3. The summed E-state index contributed by atoms with van der Waals surface area (Å²) in [5.41, 5.74) is 8.05. The monoisotopic (exact) mass is 426 g/mol. The number of rotatable bonds is 9. The Balaban J connectivity index is 1.58. The summed E-state index contributed by atoms with van der Waals surface area (Å²) < 4.78 is 0. The molecule has 0 spiro atoms. The predicted octanol–water partition coefficient (Wildman–Crippen LogP) is 5.54. The Kier molecular flexibility index (Phi) is 7.92. The van der Waals surface area contributed by atoms with Gasteiger partial charge in [-0.05, 0) is 66.3 Å². The highest BCUT2D eigenvalue weighted by molar-refractivity contribution is 6.07. The van der Waals surface area contributed by atoms with E-state index in [4.69, 9.17) is 5.41 Å². The second-order valence-electron chi connectivity index (χ2n) is 7.79. The molecule has 1 amide bonds. The van der Waals surface area contributed by atoms with Crippen LogP contribution in [0.5, 0.6) is 0 Å². The van der Waals surface area contributed by atoms with Crippen LogP contribution in [0, 0.1) is 19.3 Å². The number of pyridine rings is 1. The van der Waals surface area contributed by atoms with Crippen molar-refractivity contribution in [3.63, 3.8) is 0 Å². The van der Waals surface area contributed by atoms with Crippen molar-refractivity contribution < 1.29 is 4.79 Å². The molecular weight excluding hydrogens is 396 g/mol. The summed E-state index contributed by atoms with van der Waals surface area (Å²) in [5.74, 6) is -0.0457. The van der Waals surface area contributed by atoms with Crippen molar-refractivity contribution in [2.75, 3.05) is 11.9 Å². The van der Waals surface area contributed by atoms with Gasteiger partial charge in [0, 0.05) is 30.2 Å². The van der Waals surface area contributed by atoms with Crippen LogP contribution in [-0.4, -0.2) is 23.7 Å². The van der Waals surface area contributed by atoms with Crippen molar-refractivity contribution >= 4 is 23.4 Å². The summed E-state index contributed by atoms with van der Waals surface area (Å²) in [6, 6.07) is 18.3. The second-order valence-corrected chi connectivity index (χ2v) is 7.79. The first-order valence-electron chi connectivity index (χ1n) is 10.8. The van der Waals surface area contributed by atoms with Gasteiger partial charge in [0.2, 0.25) is 5.91 Å². The average molecular weight is 427 g/mol. The second kappa shape index (κ2) is 11.0. The van der Waals surface area contributed by atoms with Crippen LogP contribution in [0.4, 0.5) is 5.69 Å². The molecule has 0 saturated carbocycles. The predicted molar refractivity (Wildman–Crippen MR) is 133 cm³/mol. The molecule has 0 bridgehead atoms. The standard InChI is InChI=1S/C27H30N4O/c1-4-5-24(16-28)26-15-23(12-13-29-26)22-10-8-21(9-11-22)17-31-27(32)18-30-25-14-19(2)6-7-20(25)3/h5-16,28,30H,4,17-18H2,1-3H3,(H,31,32)/b24-5+,28-16?. The van der Waals surface area contributed by atoms with E-state index in [1.807, 2.05) is 63.2 Å². The molecule has 1 aromatic heterocycles. The van der Waals surface area contributed by atoms with Crippen molar-refractivity contribution in [1.82, 2.24) is 10.3 Å². The molecule has 0 aliphatic rings. The van der Waals surface area contributed by atoms with Crippen LogP contribution >= 0.6 is 0 Å². The molecule has 0 radical (unpaired) electrons. The van der Waals surface area contributed by atoms with E-state index >= 15 is 0 Å². The van der Waals surface area contributed by atoms with Crippen molar-refractivity contribution in [1.29, 1.82) is 5.41 Å². The quantitative estimate of drug-likeness (QED) is 0.393. The minimum absolute atomic E-state index is 0.0457. The third kappa shape index (κ3) is 6.14. The summed E-state index contributed by atoms with van der Waals surface area (Å²) in [6.45, 7) is 6.83. The average Bonchev–Trinajstić information content (AvgIpc) is 2.82. The van der Waals surface area contributed by atoms with Crippen LogP contribution in [0.1, 0.15) is 35.7 Å². The van der Waals surface area contributed by atoms with Gasteiger partial charge in [-0.15, -0.1) is 0 Å². The van der Waals surface area contributed by atoms with Crippen LogP contribution in [-0.2, 0) is 11.3 Å². The molecule has 0 aliphatic heterocycles. The number of benzene rings is 2. The SMILES string of the molecule is CC/C=C(\C=N)c1cc(-c2ccc(CNC(=O)CNc3cc(C)ccc3C)cc2)ccn1. The number of amides is 1. The Hall–Kier alpha value is -3.73. The smallest absolute Gasteiger partial charge is 0.239 e. The van der Waals surface area contributed by atoms with E-state index < -0.39 is 0 Å². The zero-order valence-electron chi connectivity index (χ0n) is 18.9. The Morgan fingerprint density at radius 2 is 1.81 bits per heavy atom. The first kappa shape index (κ1) is 22.9. The van der Waals surface area contributed by atoms with Crippen LogP contribution in [0.25, 0.3) is 16.7 Å². The van der Waals surface area contributed by atoms with Crippen molar-refractivity contribution in [3.8, 4) is 11.1 Å². The largest absolute Gasteiger partial charge is 0.376 e. The molecule has 5 nitrogen and oxygen atoms in total. The zero-order chi connectivity index (χ0) is 22.9. The Morgan fingerprint density at radius 3 is 2.53 bits per heavy atom. The highest BCUT2D eigenvalue weighted by Crippen LogP contribution is 2.22. The molecule has 1 heterocycles. The van der Waals surface area contributed by atoms with Gasteiger partial charge < -0.3 is 16.0 Å². The van der Waals surface area contributed by atoms with E-state index in [9.17, 15) is 4.79 Å². The lowest BCUT2D eigenvalue weighted by Crippen LogP contribution is -2.29. The number of anilines is 1. The molecule has 0 atom stereocenters. The maximum atomic E-state index is 12.3. The van der Waals surface area contributed by atoms with Crippen LogP contribution < -0.4 is 10.6 Å². The number of carbonyl (C=O) groups excluding carboxylic acids is 1. The molecule has 3 rings (SSSR count). The molecule has 5 heteroatoms. The van der Waals surface area contributed by atoms with Gasteiger partial charge in [0.25, 0.3) is 0 Å². The number of hydrogen-bond acceptors (Lipinski definition) is 4. The maximum Gasteiger partial charge on any atom is 0.239 e. The van der Waals surface area contributed by atoms with E-state index in [0.717, 1.165) is 51.2 Å². The number of carbonyl (C=O) groups is 1. The highest BCUT2D eigenvalue weighted by atomic mass is 16.1. The van der Waals surface area contributed by atoms with Crippen LogP contribution in [0.3, 0.4) is 0 Å². The Labute approximate surface area is 190 Å². The number of hydrogen-bond donors (Lipinski definition) is 3. The number of aryl methyl sites for hydroxylation is 2. The Morgan fingerprint density at radius 1 is 1.03 bits per heavy atom. The fourth-order valence-corrected chi connectivity index (χ4v) is 3.41. The third-order valence-corrected chi connectivity index (χ3v) is 5.24. The molecule has 2 aromatic carbocycles. The number of aromatic nitrogens is 1. The van der Waals surface area contributed by atoms with Crippen molar-refractivity contribution in [2.24, 2.45) is 0 Å². The zero-order valence-corrected chi connectivity index (χ0v) is 18.9. The van der Waals surface area contributed by atoms with E-state index in [1.165, 1.54) is 6.21 Å². The van der Waals surface area contributed by atoms with Gasteiger partial charge >= 0.3 is 0 Å².